The molecule has 0 aliphatic heterocycles. The predicted molar refractivity (Wildman–Crippen MR) is 73.4 cm³/mol. The normalized spacial score (nSPS) is 10.7. The van der Waals surface area contributed by atoms with Crippen molar-refractivity contribution in [1.29, 1.82) is 0 Å². The maximum absolute atomic E-state index is 11.3. The highest BCUT2D eigenvalue weighted by atomic mass is 16.5. The van der Waals surface area contributed by atoms with E-state index in [1.807, 2.05) is 18.9 Å². The van der Waals surface area contributed by atoms with Crippen molar-refractivity contribution in [3.05, 3.63) is 35.4 Å². The monoisotopic (exact) mass is 249 g/mol. The van der Waals surface area contributed by atoms with E-state index in [0.29, 0.717) is 13.2 Å². The number of nitrogens with zero attached hydrogens (tertiary/aromatic N) is 1. The average molecular weight is 249 g/mol. The topological polar surface area (TPSA) is 29.5 Å². The van der Waals surface area contributed by atoms with Crippen molar-refractivity contribution in [1.82, 2.24) is 4.90 Å². The van der Waals surface area contributed by atoms with Crippen molar-refractivity contribution >= 4 is 5.97 Å². The van der Waals surface area contributed by atoms with E-state index in [1.165, 1.54) is 17.5 Å². The third-order valence-electron chi connectivity index (χ3n) is 2.72. The number of ether oxygens (including phenoxy) is 1. The molecule has 0 atom stereocenters. The van der Waals surface area contributed by atoms with Crippen LogP contribution >= 0.6 is 0 Å². The molecular formula is C15H23NO2. The van der Waals surface area contributed by atoms with Crippen LogP contribution in [0.5, 0.6) is 0 Å². The van der Waals surface area contributed by atoms with Crippen molar-refractivity contribution in [2.75, 3.05) is 20.2 Å². The summed E-state index contributed by atoms with van der Waals surface area (Å²) in [6.45, 7) is 5.56. The second-order valence-electron chi connectivity index (χ2n) is 4.54. The lowest BCUT2D eigenvalue weighted by molar-refractivity contribution is -0.144. The fourth-order valence-electron chi connectivity index (χ4n) is 1.89. The first-order valence-electron chi connectivity index (χ1n) is 6.57. The number of esters is 1. The van der Waals surface area contributed by atoms with Gasteiger partial charge in [0.2, 0.25) is 0 Å². The third-order valence-corrected chi connectivity index (χ3v) is 2.72. The summed E-state index contributed by atoms with van der Waals surface area (Å²) in [4.78, 5) is 13.3. The first-order chi connectivity index (χ1) is 8.65. The number of carbonyl (C=O) groups is 1. The molecule has 0 heterocycles. The van der Waals surface area contributed by atoms with Gasteiger partial charge in [0.05, 0.1) is 13.2 Å². The molecule has 0 saturated heterocycles. The van der Waals surface area contributed by atoms with Crippen LogP contribution in [-0.2, 0) is 22.5 Å². The Morgan fingerprint density at radius 1 is 1.17 bits per heavy atom. The highest BCUT2D eigenvalue weighted by molar-refractivity contribution is 5.71. The zero-order chi connectivity index (χ0) is 13.4. The van der Waals surface area contributed by atoms with Crippen molar-refractivity contribution in [2.45, 2.75) is 33.2 Å². The van der Waals surface area contributed by atoms with E-state index in [4.69, 9.17) is 4.74 Å². The fraction of sp³-hybridized carbons (Fsp3) is 0.533. The molecule has 0 saturated carbocycles. The molecule has 0 amide bonds. The van der Waals surface area contributed by atoms with Gasteiger partial charge in [-0.1, -0.05) is 37.6 Å². The molecule has 0 bridgehead atoms. The van der Waals surface area contributed by atoms with Gasteiger partial charge in [0.25, 0.3) is 0 Å². The molecule has 0 fully saturated rings. The molecule has 0 spiro atoms. The lowest BCUT2D eigenvalue weighted by Gasteiger charge is -2.15. The second kappa shape index (κ2) is 7.88. The highest BCUT2D eigenvalue weighted by Gasteiger charge is 2.07. The number of benzene rings is 1. The Labute approximate surface area is 110 Å². The Bertz CT molecular complexity index is 359. The van der Waals surface area contributed by atoms with Gasteiger partial charge >= 0.3 is 5.97 Å². The lowest BCUT2D eigenvalue weighted by Crippen LogP contribution is -2.26. The standard InChI is InChI=1S/C15H23NO2/c1-4-6-13-7-9-14(10-8-13)11-16(3)12-15(17)18-5-2/h7-10H,4-6,11-12H2,1-3H3. The van der Waals surface area contributed by atoms with Crippen molar-refractivity contribution in [3.8, 4) is 0 Å². The maximum atomic E-state index is 11.3. The van der Waals surface area contributed by atoms with E-state index in [-0.39, 0.29) is 5.97 Å². The minimum Gasteiger partial charge on any atom is -0.465 e. The molecular weight excluding hydrogens is 226 g/mol. The Hall–Kier alpha value is -1.35. The Morgan fingerprint density at radius 2 is 1.78 bits per heavy atom. The zero-order valence-electron chi connectivity index (χ0n) is 11.6. The van der Waals surface area contributed by atoms with Crippen LogP contribution in [0.25, 0.3) is 0 Å². The average Bonchev–Trinajstić information content (AvgIpc) is 2.32. The molecule has 100 valence electrons. The Kier molecular flexibility index (Phi) is 6.44. The van der Waals surface area contributed by atoms with Gasteiger partial charge in [0, 0.05) is 6.54 Å². The number of likely N-dealkylation sites (N-methyl/N-ethyl adjacent to an activating group) is 1. The van der Waals surface area contributed by atoms with Gasteiger partial charge in [-0.15, -0.1) is 0 Å². The summed E-state index contributed by atoms with van der Waals surface area (Å²) in [7, 11) is 1.93. The van der Waals surface area contributed by atoms with E-state index in [0.717, 1.165) is 13.0 Å². The molecule has 1 rings (SSSR count). The van der Waals surface area contributed by atoms with Crippen molar-refractivity contribution < 1.29 is 9.53 Å². The molecule has 0 aromatic heterocycles. The molecule has 3 nitrogen and oxygen atoms in total. The minimum atomic E-state index is -0.164. The van der Waals surface area contributed by atoms with Crippen LogP contribution in [0.2, 0.25) is 0 Å². The summed E-state index contributed by atoms with van der Waals surface area (Å²) in [6.07, 6.45) is 2.29. The molecule has 1 aromatic rings. The minimum absolute atomic E-state index is 0.164. The van der Waals surface area contributed by atoms with Crippen LogP contribution in [-0.4, -0.2) is 31.1 Å². The smallest absolute Gasteiger partial charge is 0.320 e. The molecule has 1 aromatic carbocycles. The molecule has 3 heteroatoms. The second-order valence-corrected chi connectivity index (χ2v) is 4.54. The van der Waals surface area contributed by atoms with E-state index >= 15 is 0 Å². The summed E-state index contributed by atoms with van der Waals surface area (Å²) < 4.78 is 4.92. The third kappa shape index (κ3) is 5.32. The van der Waals surface area contributed by atoms with Gasteiger partial charge < -0.3 is 4.74 Å². The summed E-state index contributed by atoms with van der Waals surface area (Å²) in [6, 6.07) is 8.59. The van der Waals surface area contributed by atoms with Crippen molar-refractivity contribution in [2.24, 2.45) is 0 Å². The van der Waals surface area contributed by atoms with E-state index < -0.39 is 0 Å². The number of hydrogen-bond donors (Lipinski definition) is 0. The Balaban J connectivity index is 2.43. The maximum Gasteiger partial charge on any atom is 0.320 e. The van der Waals surface area contributed by atoms with Gasteiger partial charge in [0.15, 0.2) is 0 Å². The van der Waals surface area contributed by atoms with Crippen LogP contribution in [0.15, 0.2) is 24.3 Å². The van der Waals surface area contributed by atoms with E-state index in [1.54, 1.807) is 0 Å². The summed E-state index contributed by atoms with van der Waals surface area (Å²) >= 11 is 0. The van der Waals surface area contributed by atoms with Crippen LogP contribution < -0.4 is 0 Å². The quantitative estimate of drug-likeness (QED) is 0.696. The van der Waals surface area contributed by atoms with Gasteiger partial charge in [0.1, 0.15) is 0 Å². The number of hydrogen-bond acceptors (Lipinski definition) is 3. The van der Waals surface area contributed by atoms with Crippen LogP contribution in [0.3, 0.4) is 0 Å². The first-order valence-corrected chi connectivity index (χ1v) is 6.57. The van der Waals surface area contributed by atoms with Gasteiger partial charge in [-0.3, -0.25) is 9.69 Å². The van der Waals surface area contributed by atoms with Gasteiger partial charge in [-0.05, 0) is 31.5 Å². The molecule has 0 unspecified atom stereocenters. The molecule has 0 aliphatic rings. The molecule has 0 radical (unpaired) electrons. The van der Waals surface area contributed by atoms with Crippen LogP contribution in [0, 0.1) is 0 Å². The predicted octanol–water partition coefficient (Wildman–Crippen LogP) is 2.63. The largest absolute Gasteiger partial charge is 0.465 e. The van der Waals surface area contributed by atoms with E-state index in [2.05, 4.69) is 31.2 Å². The first kappa shape index (κ1) is 14.7. The fourth-order valence-corrected chi connectivity index (χ4v) is 1.89. The van der Waals surface area contributed by atoms with E-state index in [9.17, 15) is 4.79 Å². The SMILES string of the molecule is CCCc1ccc(CN(C)CC(=O)OCC)cc1. The number of carbonyl (C=O) groups excluding carboxylic acids is 1. The molecule has 0 aliphatic carbocycles. The lowest BCUT2D eigenvalue weighted by atomic mass is 10.1. The number of rotatable bonds is 7. The summed E-state index contributed by atoms with van der Waals surface area (Å²) in [5, 5.41) is 0. The van der Waals surface area contributed by atoms with Gasteiger partial charge in [-0.2, -0.15) is 0 Å². The highest BCUT2D eigenvalue weighted by Crippen LogP contribution is 2.08. The summed E-state index contributed by atoms with van der Waals surface area (Å²) in [5.74, 6) is -0.164. The van der Waals surface area contributed by atoms with Crippen molar-refractivity contribution in [3.63, 3.8) is 0 Å². The number of aryl methyl sites for hydroxylation is 1. The zero-order valence-corrected chi connectivity index (χ0v) is 11.6. The Morgan fingerprint density at radius 3 is 2.33 bits per heavy atom. The summed E-state index contributed by atoms with van der Waals surface area (Å²) in [5.41, 5.74) is 2.59. The molecule has 18 heavy (non-hydrogen) atoms. The molecule has 0 N–H and O–H groups in total. The van der Waals surface area contributed by atoms with Gasteiger partial charge in [-0.25, -0.2) is 0 Å². The van der Waals surface area contributed by atoms with Crippen LogP contribution in [0.1, 0.15) is 31.4 Å². The van der Waals surface area contributed by atoms with Crippen LogP contribution in [0.4, 0.5) is 0 Å².